The van der Waals surface area contributed by atoms with Crippen LogP contribution in [0.15, 0.2) is 6.20 Å². The number of aryl methyl sites for hydroxylation is 1. The zero-order valence-electron chi connectivity index (χ0n) is 12.0. The van der Waals surface area contributed by atoms with E-state index in [1.807, 2.05) is 6.92 Å². The Bertz CT molecular complexity index is 497. The highest BCUT2D eigenvalue weighted by Gasteiger charge is 2.31. The van der Waals surface area contributed by atoms with Gasteiger partial charge in [0.2, 0.25) is 0 Å². The van der Waals surface area contributed by atoms with Crippen LogP contribution in [0.1, 0.15) is 40.9 Å². The van der Waals surface area contributed by atoms with Crippen molar-refractivity contribution in [3.05, 3.63) is 16.1 Å². The van der Waals surface area contributed by atoms with Gasteiger partial charge in [0, 0.05) is 12.5 Å². The molecular formula is C14H20N2O4S. The third-order valence-electron chi connectivity index (χ3n) is 3.46. The molecule has 1 aliphatic rings. The molecule has 1 aromatic rings. The van der Waals surface area contributed by atoms with Gasteiger partial charge >= 0.3 is 5.97 Å². The molecule has 6 nitrogen and oxygen atoms in total. The number of hydrogen-bond acceptors (Lipinski definition) is 5. The number of carboxylic acid groups (broad SMARTS) is 1. The first-order chi connectivity index (χ1) is 10.1. The Balaban J connectivity index is 2.01. The normalized spacial score (nSPS) is 20.0. The number of thiazole rings is 1. The van der Waals surface area contributed by atoms with Gasteiger partial charge in [-0.05, 0) is 25.7 Å². The number of amides is 1. The molecule has 2 N–H and O–H groups in total. The zero-order chi connectivity index (χ0) is 15.2. The first-order valence-corrected chi connectivity index (χ1v) is 7.99. The molecule has 2 atom stereocenters. The Morgan fingerprint density at radius 3 is 3.05 bits per heavy atom. The Morgan fingerprint density at radius 2 is 2.43 bits per heavy atom. The fourth-order valence-electron chi connectivity index (χ4n) is 2.37. The Hall–Kier alpha value is -1.47. The summed E-state index contributed by atoms with van der Waals surface area (Å²) in [4.78, 5) is 28.2. The summed E-state index contributed by atoms with van der Waals surface area (Å²) >= 11 is 1.32. The van der Waals surface area contributed by atoms with Crippen LogP contribution in [0.25, 0.3) is 0 Å². The molecule has 2 unspecified atom stereocenters. The van der Waals surface area contributed by atoms with Crippen LogP contribution in [0.3, 0.4) is 0 Å². The fraction of sp³-hybridized carbons (Fsp3) is 0.643. The van der Waals surface area contributed by atoms with Gasteiger partial charge in [0.15, 0.2) is 0 Å². The molecule has 2 rings (SSSR count). The molecule has 1 fully saturated rings. The minimum atomic E-state index is -1.02. The van der Waals surface area contributed by atoms with Gasteiger partial charge in [-0.2, -0.15) is 0 Å². The molecule has 0 radical (unpaired) electrons. The maximum Gasteiger partial charge on any atom is 0.326 e. The van der Waals surface area contributed by atoms with Crippen LogP contribution >= 0.6 is 11.3 Å². The zero-order valence-corrected chi connectivity index (χ0v) is 12.8. The number of nitrogens with one attached hydrogen (secondary N) is 1. The van der Waals surface area contributed by atoms with Gasteiger partial charge in [0.1, 0.15) is 10.9 Å². The molecule has 0 bridgehead atoms. The summed E-state index contributed by atoms with van der Waals surface area (Å²) in [7, 11) is 0. The van der Waals surface area contributed by atoms with E-state index >= 15 is 0 Å². The number of aliphatic carboxylic acids is 1. The lowest BCUT2D eigenvalue weighted by atomic mass is 9.93. The Kier molecular flexibility index (Phi) is 5.69. The predicted molar refractivity (Wildman–Crippen MR) is 78.5 cm³/mol. The van der Waals surface area contributed by atoms with Gasteiger partial charge in [0.25, 0.3) is 5.91 Å². The number of rotatable bonds is 6. The lowest BCUT2D eigenvalue weighted by molar-refractivity contribution is -0.142. The summed E-state index contributed by atoms with van der Waals surface area (Å²) in [5, 5.41) is 12.8. The van der Waals surface area contributed by atoms with Crippen LogP contribution in [0.4, 0.5) is 0 Å². The third-order valence-corrected chi connectivity index (χ3v) is 4.52. The van der Waals surface area contributed by atoms with E-state index in [-0.39, 0.29) is 11.8 Å². The summed E-state index contributed by atoms with van der Waals surface area (Å²) in [6, 6.07) is -0.908. The van der Waals surface area contributed by atoms with Crippen molar-refractivity contribution in [2.45, 2.75) is 38.6 Å². The highest BCUT2D eigenvalue weighted by molar-refractivity contribution is 7.13. The lowest BCUT2D eigenvalue weighted by Gasteiger charge is -2.27. The minimum Gasteiger partial charge on any atom is -0.480 e. The molecule has 0 spiro atoms. The molecule has 21 heavy (non-hydrogen) atoms. The maximum absolute atomic E-state index is 12.2. The van der Waals surface area contributed by atoms with E-state index in [2.05, 4.69) is 10.3 Å². The molecule has 2 heterocycles. The van der Waals surface area contributed by atoms with Gasteiger partial charge in [-0.3, -0.25) is 4.79 Å². The van der Waals surface area contributed by atoms with Crippen LogP contribution < -0.4 is 5.32 Å². The topological polar surface area (TPSA) is 88.5 Å². The fourth-order valence-corrected chi connectivity index (χ4v) is 3.29. The minimum absolute atomic E-state index is 0.178. The molecule has 1 amide bonds. The molecule has 1 aliphatic heterocycles. The second-order valence-electron chi connectivity index (χ2n) is 5.13. The Labute approximate surface area is 127 Å². The summed E-state index contributed by atoms with van der Waals surface area (Å²) in [5.41, 5.74) is 0. The van der Waals surface area contributed by atoms with Crippen LogP contribution in [-0.4, -0.2) is 41.2 Å². The molecule has 1 saturated heterocycles. The first-order valence-electron chi connectivity index (χ1n) is 7.18. The number of hydrogen-bond donors (Lipinski definition) is 2. The first kappa shape index (κ1) is 15.9. The predicted octanol–water partition coefficient (Wildman–Crippen LogP) is 1.71. The van der Waals surface area contributed by atoms with Gasteiger partial charge < -0.3 is 15.2 Å². The number of ether oxygens (including phenoxy) is 1. The standard InChI is InChI=1S/C14H20N2O4S/c1-2-4-11-15-7-10(21-11)13(17)16-12(14(18)19)9-5-3-6-20-8-9/h7,9,12H,2-6,8H2,1H3,(H,16,17)(H,18,19). The van der Waals surface area contributed by atoms with Crippen molar-refractivity contribution >= 4 is 23.2 Å². The van der Waals surface area contributed by atoms with Crippen molar-refractivity contribution in [3.63, 3.8) is 0 Å². The molecule has 0 saturated carbocycles. The molecule has 0 aromatic carbocycles. The van der Waals surface area contributed by atoms with Gasteiger partial charge in [-0.15, -0.1) is 11.3 Å². The summed E-state index contributed by atoms with van der Waals surface area (Å²) < 4.78 is 5.31. The molecule has 7 heteroatoms. The molecule has 1 aromatic heterocycles. The Morgan fingerprint density at radius 1 is 1.62 bits per heavy atom. The average molecular weight is 312 g/mol. The molecular weight excluding hydrogens is 292 g/mol. The molecule has 116 valence electrons. The van der Waals surface area contributed by atoms with Crippen LogP contribution in [0.5, 0.6) is 0 Å². The largest absolute Gasteiger partial charge is 0.480 e. The van der Waals surface area contributed by atoms with E-state index < -0.39 is 12.0 Å². The quantitative estimate of drug-likeness (QED) is 0.834. The van der Waals surface area contributed by atoms with Gasteiger partial charge in [-0.25, -0.2) is 9.78 Å². The maximum atomic E-state index is 12.2. The van der Waals surface area contributed by atoms with Gasteiger partial charge in [-0.1, -0.05) is 6.92 Å². The SMILES string of the molecule is CCCc1ncc(C(=O)NC(C(=O)O)C2CCCOC2)s1. The van der Waals surface area contributed by atoms with Gasteiger partial charge in [0.05, 0.1) is 17.8 Å². The van der Waals surface area contributed by atoms with Crippen LogP contribution in [0.2, 0.25) is 0 Å². The van der Waals surface area contributed by atoms with E-state index in [4.69, 9.17) is 4.74 Å². The van der Waals surface area contributed by atoms with Crippen molar-refractivity contribution in [2.75, 3.05) is 13.2 Å². The van der Waals surface area contributed by atoms with E-state index in [1.54, 1.807) is 0 Å². The lowest BCUT2D eigenvalue weighted by Crippen LogP contribution is -2.48. The summed E-state index contributed by atoms with van der Waals surface area (Å²) in [5.74, 6) is -1.56. The third kappa shape index (κ3) is 4.25. The van der Waals surface area contributed by atoms with Crippen molar-refractivity contribution in [3.8, 4) is 0 Å². The number of aromatic nitrogens is 1. The molecule has 0 aliphatic carbocycles. The van der Waals surface area contributed by atoms with E-state index in [1.165, 1.54) is 17.5 Å². The summed E-state index contributed by atoms with van der Waals surface area (Å²) in [6.07, 6.45) is 4.89. The van der Waals surface area contributed by atoms with Crippen molar-refractivity contribution in [2.24, 2.45) is 5.92 Å². The smallest absolute Gasteiger partial charge is 0.326 e. The van der Waals surface area contributed by atoms with Crippen molar-refractivity contribution in [1.82, 2.24) is 10.3 Å². The highest BCUT2D eigenvalue weighted by Crippen LogP contribution is 2.19. The monoisotopic (exact) mass is 312 g/mol. The average Bonchev–Trinajstić information content (AvgIpc) is 2.94. The van der Waals surface area contributed by atoms with E-state index in [0.29, 0.717) is 18.1 Å². The van der Waals surface area contributed by atoms with E-state index in [0.717, 1.165) is 30.7 Å². The van der Waals surface area contributed by atoms with Crippen molar-refractivity contribution < 1.29 is 19.4 Å². The second-order valence-corrected chi connectivity index (χ2v) is 6.25. The van der Waals surface area contributed by atoms with Crippen LogP contribution in [0, 0.1) is 5.92 Å². The van der Waals surface area contributed by atoms with Crippen molar-refractivity contribution in [1.29, 1.82) is 0 Å². The second kappa shape index (κ2) is 7.51. The van der Waals surface area contributed by atoms with Crippen LogP contribution in [-0.2, 0) is 16.0 Å². The van der Waals surface area contributed by atoms with E-state index in [9.17, 15) is 14.7 Å². The number of nitrogens with zero attached hydrogens (tertiary/aromatic N) is 1. The number of carboxylic acids is 1. The number of carbonyl (C=O) groups excluding carboxylic acids is 1. The number of carbonyl (C=O) groups is 2. The summed E-state index contributed by atoms with van der Waals surface area (Å²) in [6.45, 7) is 3.08. The highest BCUT2D eigenvalue weighted by atomic mass is 32.1.